The molecule has 1 N–H and O–H groups in total. The highest BCUT2D eigenvalue weighted by Gasteiger charge is 2.07. The van der Waals surface area contributed by atoms with Crippen LogP contribution in [-0.4, -0.2) is 14.9 Å². The van der Waals surface area contributed by atoms with E-state index in [0.717, 1.165) is 0 Å². The van der Waals surface area contributed by atoms with Crippen molar-refractivity contribution in [2.75, 3.05) is 0 Å². The highest BCUT2D eigenvalue weighted by molar-refractivity contribution is 6.67. The predicted molar refractivity (Wildman–Crippen MR) is 43.9 cm³/mol. The van der Waals surface area contributed by atoms with Crippen LogP contribution in [0.3, 0.4) is 0 Å². The van der Waals surface area contributed by atoms with Crippen LogP contribution in [0.2, 0.25) is 0 Å². The zero-order valence-corrected chi connectivity index (χ0v) is 7.96. The summed E-state index contributed by atoms with van der Waals surface area (Å²) >= 11 is 15.2. The van der Waals surface area contributed by atoms with E-state index in [1.165, 1.54) is 6.92 Å². The summed E-state index contributed by atoms with van der Waals surface area (Å²) in [6, 6.07) is 0. The molecule has 0 spiro atoms. The third kappa shape index (κ3) is 82.1. The summed E-state index contributed by atoms with van der Waals surface area (Å²) in [5.74, 6) is -0.745. The molecule has 10 heavy (non-hydrogen) atoms. The van der Waals surface area contributed by atoms with Gasteiger partial charge in [-0.3, -0.25) is 4.79 Å². The number of hydrogen-bond acceptors (Lipinski definition) is 1. The number of halogens is 3. The molecule has 0 unspecified atom stereocenters. The van der Waals surface area contributed by atoms with Crippen molar-refractivity contribution in [3.8, 4) is 0 Å². The van der Waals surface area contributed by atoms with Crippen LogP contribution in [0, 0.1) is 0 Å². The molecular weight excluding hydrogens is 198 g/mol. The van der Waals surface area contributed by atoms with Crippen LogP contribution in [0.25, 0.3) is 0 Å². The monoisotopic (exact) mass is 206 g/mol. The predicted octanol–water partition coefficient (Wildman–Crippen LogP) is 2.86. The maximum atomic E-state index is 9.37. The van der Waals surface area contributed by atoms with Crippen LogP contribution in [-0.2, 0) is 4.79 Å². The van der Waals surface area contributed by atoms with Gasteiger partial charge in [0.15, 0.2) is 3.79 Å². The molecule has 0 amide bonds. The van der Waals surface area contributed by atoms with Crippen molar-refractivity contribution in [2.45, 2.75) is 24.1 Å². The van der Waals surface area contributed by atoms with Gasteiger partial charge in [0.1, 0.15) is 0 Å². The lowest BCUT2D eigenvalue weighted by atomic mass is 10.5. The molecule has 0 aliphatic heterocycles. The molecule has 0 rings (SSSR count). The third-order valence-electron chi connectivity index (χ3n) is 0.302. The number of carboxylic acids is 1. The summed E-state index contributed by atoms with van der Waals surface area (Å²) in [6.07, 6.45) is 0.222. The first-order valence-electron chi connectivity index (χ1n) is 2.56. The second kappa shape index (κ2) is 6.08. The van der Waals surface area contributed by atoms with Crippen molar-refractivity contribution in [1.82, 2.24) is 0 Å². The van der Waals surface area contributed by atoms with E-state index in [-0.39, 0.29) is 6.42 Å². The van der Waals surface area contributed by atoms with Crippen LogP contribution >= 0.6 is 34.8 Å². The van der Waals surface area contributed by atoms with E-state index in [9.17, 15) is 4.79 Å². The fourth-order valence-corrected chi connectivity index (χ4v) is 0. The quantitative estimate of drug-likeness (QED) is 0.671. The average Bonchev–Trinajstić information content (AvgIpc) is 1.61. The Kier molecular flexibility index (Phi) is 7.88. The molecule has 62 valence electrons. The molecule has 0 aromatic carbocycles. The average molecular weight is 207 g/mol. The van der Waals surface area contributed by atoms with Gasteiger partial charge < -0.3 is 5.11 Å². The van der Waals surface area contributed by atoms with Crippen molar-refractivity contribution < 1.29 is 9.90 Å². The zero-order valence-electron chi connectivity index (χ0n) is 5.70. The summed E-state index contributed by atoms with van der Waals surface area (Å²) in [6.45, 7) is 3.08. The number of carboxylic acid groups (broad SMARTS) is 1. The van der Waals surface area contributed by atoms with Gasteiger partial charge in [0, 0.05) is 6.42 Å². The van der Waals surface area contributed by atoms with Gasteiger partial charge in [-0.05, 0) is 6.92 Å². The van der Waals surface area contributed by atoms with E-state index in [2.05, 4.69) is 0 Å². The van der Waals surface area contributed by atoms with E-state index in [1.807, 2.05) is 0 Å². The lowest BCUT2D eigenvalue weighted by molar-refractivity contribution is -0.136. The Morgan fingerprint density at radius 1 is 1.50 bits per heavy atom. The first kappa shape index (κ1) is 13.0. The smallest absolute Gasteiger partial charge is 0.303 e. The van der Waals surface area contributed by atoms with Crippen molar-refractivity contribution >= 4 is 40.8 Å². The molecule has 0 fully saturated rings. The Labute approximate surface area is 75.1 Å². The standard InChI is InChI=1S/C3H6O2.C2H3Cl3/c1-2-3(4)5;1-2(3,4)5/h2H2,1H3,(H,4,5);1H3. The first-order valence-corrected chi connectivity index (χ1v) is 3.69. The largest absolute Gasteiger partial charge is 0.481 e. The topological polar surface area (TPSA) is 37.3 Å². The molecule has 0 aromatic heterocycles. The summed E-state index contributed by atoms with van der Waals surface area (Å²) < 4.78 is -1.08. The molecule has 2 nitrogen and oxygen atoms in total. The second-order valence-electron chi connectivity index (χ2n) is 1.53. The van der Waals surface area contributed by atoms with Gasteiger partial charge >= 0.3 is 5.97 Å². The minimum absolute atomic E-state index is 0.222. The Morgan fingerprint density at radius 2 is 1.60 bits per heavy atom. The van der Waals surface area contributed by atoms with Gasteiger partial charge in [-0.1, -0.05) is 41.7 Å². The van der Waals surface area contributed by atoms with Crippen LogP contribution in [0.4, 0.5) is 0 Å². The van der Waals surface area contributed by atoms with Crippen LogP contribution in [0.15, 0.2) is 0 Å². The lowest BCUT2D eigenvalue weighted by Gasteiger charge is -1.94. The second-order valence-corrected chi connectivity index (χ2v) is 4.38. The Bertz CT molecular complexity index is 91.6. The van der Waals surface area contributed by atoms with Crippen molar-refractivity contribution in [2.24, 2.45) is 0 Å². The van der Waals surface area contributed by atoms with Crippen molar-refractivity contribution in [1.29, 1.82) is 0 Å². The Morgan fingerprint density at radius 3 is 1.60 bits per heavy atom. The van der Waals surface area contributed by atoms with Gasteiger partial charge in [-0.15, -0.1) is 0 Å². The summed E-state index contributed by atoms with van der Waals surface area (Å²) in [7, 11) is 0. The molecule has 0 aliphatic carbocycles. The number of hydrogen-bond donors (Lipinski definition) is 1. The van der Waals surface area contributed by atoms with Crippen LogP contribution in [0.1, 0.15) is 20.3 Å². The fraction of sp³-hybridized carbons (Fsp3) is 0.800. The van der Waals surface area contributed by atoms with Gasteiger partial charge in [0.2, 0.25) is 0 Å². The molecule has 0 atom stereocenters. The summed E-state index contributed by atoms with van der Waals surface area (Å²) in [5, 5.41) is 7.72. The normalized spacial score (nSPS) is 9.70. The summed E-state index contributed by atoms with van der Waals surface area (Å²) in [4.78, 5) is 9.37. The number of rotatable bonds is 1. The maximum Gasteiger partial charge on any atom is 0.303 e. The third-order valence-corrected chi connectivity index (χ3v) is 0.302. The molecule has 0 saturated heterocycles. The SMILES string of the molecule is CC(Cl)(Cl)Cl.CCC(=O)O. The number of aliphatic carboxylic acids is 1. The molecule has 0 bridgehead atoms. The van der Waals surface area contributed by atoms with E-state index >= 15 is 0 Å². The zero-order chi connectivity index (χ0) is 8.78. The minimum atomic E-state index is -1.08. The van der Waals surface area contributed by atoms with E-state index in [0.29, 0.717) is 0 Å². The molecular formula is C5H9Cl3O2. The molecule has 0 aliphatic rings. The van der Waals surface area contributed by atoms with E-state index in [4.69, 9.17) is 39.9 Å². The first-order chi connectivity index (χ1) is 4.27. The minimum Gasteiger partial charge on any atom is -0.481 e. The van der Waals surface area contributed by atoms with Crippen LogP contribution < -0.4 is 0 Å². The molecule has 0 aromatic rings. The summed E-state index contributed by atoms with van der Waals surface area (Å²) in [5.41, 5.74) is 0. The fourth-order valence-electron chi connectivity index (χ4n) is 0. The van der Waals surface area contributed by atoms with Gasteiger partial charge in [0.25, 0.3) is 0 Å². The van der Waals surface area contributed by atoms with E-state index in [1.54, 1.807) is 6.92 Å². The van der Waals surface area contributed by atoms with Gasteiger partial charge in [0.05, 0.1) is 0 Å². The molecule has 5 heteroatoms. The Balaban J connectivity index is 0. The highest BCUT2D eigenvalue weighted by Crippen LogP contribution is 2.23. The lowest BCUT2D eigenvalue weighted by Crippen LogP contribution is -1.87. The number of carbonyl (C=O) groups is 1. The van der Waals surface area contributed by atoms with Crippen LogP contribution in [0.5, 0.6) is 0 Å². The number of alkyl halides is 3. The molecule has 0 radical (unpaired) electrons. The Hall–Kier alpha value is 0.340. The molecule has 0 heterocycles. The van der Waals surface area contributed by atoms with Gasteiger partial charge in [-0.2, -0.15) is 0 Å². The van der Waals surface area contributed by atoms with Gasteiger partial charge in [-0.25, -0.2) is 0 Å². The highest BCUT2D eigenvalue weighted by atomic mass is 35.6. The maximum absolute atomic E-state index is 9.37. The molecule has 0 saturated carbocycles. The van der Waals surface area contributed by atoms with Crippen molar-refractivity contribution in [3.05, 3.63) is 0 Å². The van der Waals surface area contributed by atoms with E-state index < -0.39 is 9.76 Å². The van der Waals surface area contributed by atoms with Crippen molar-refractivity contribution in [3.63, 3.8) is 0 Å².